The van der Waals surface area contributed by atoms with Gasteiger partial charge in [-0.15, -0.1) is 0 Å². The Morgan fingerprint density at radius 2 is 2.31 bits per heavy atom. The number of urea groups is 1. The fourth-order valence-corrected chi connectivity index (χ4v) is 3.11. The summed E-state index contributed by atoms with van der Waals surface area (Å²) in [6.45, 7) is 1.79. The number of amides is 2. The van der Waals surface area contributed by atoms with Gasteiger partial charge in [0, 0.05) is 42.0 Å². The van der Waals surface area contributed by atoms with Crippen molar-refractivity contribution in [2.24, 2.45) is 5.92 Å². The van der Waals surface area contributed by atoms with E-state index < -0.39 is 0 Å². The van der Waals surface area contributed by atoms with Crippen molar-refractivity contribution in [2.45, 2.75) is 12.8 Å². The molecule has 0 aliphatic carbocycles. The lowest BCUT2D eigenvalue weighted by molar-refractivity contribution is 0.143. The zero-order valence-electron chi connectivity index (χ0n) is 14.2. The van der Waals surface area contributed by atoms with Crippen molar-refractivity contribution in [3.8, 4) is 11.9 Å². The Labute approximate surface area is 157 Å². The number of carbonyl (C=O) groups excluding carboxylic acids is 1. The van der Waals surface area contributed by atoms with E-state index in [1.807, 2.05) is 6.07 Å². The normalized spacial score (nSPS) is 16.6. The van der Waals surface area contributed by atoms with Gasteiger partial charge in [0.1, 0.15) is 0 Å². The van der Waals surface area contributed by atoms with E-state index in [4.69, 9.17) is 21.6 Å². The molecule has 2 heterocycles. The van der Waals surface area contributed by atoms with Crippen molar-refractivity contribution in [1.29, 1.82) is 5.26 Å². The molecule has 7 heteroatoms. The fraction of sp³-hybridized carbons (Fsp3) is 0.316. The number of piperidine rings is 1. The molecule has 26 heavy (non-hydrogen) atoms. The molecule has 0 spiro atoms. The van der Waals surface area contributed by atoms with Gasteiger partial charge in [-0.2, -0.15) is 5.26 Å². The quantitative estimate of drug-likeness (QED) is 0.884. The van der Waals surface area contributed by atoms with E-state index in [1.54, 1.807) is 41.4 Å². The molecule has 0 bridgehead atoms. The molecule has 3 rings (SSSR count). The first kappa shape index (κ1) is 18.0. The van der Waals surface area contributed by atoms with Gasteiger partial charge in [-0.25, -0.2) is 9.78 Å². The number of nitrogens with zero attached hydrogens (tertiary/aromatic N) is 3. The first-order valence-corrected chi connectivity index (χ1v) is 8.82. The minimum atomic E-state index is -0.137. The maximum atomic E-state index is 12.5. The fourth-order valence-electron chi connectivity index (χ4n) is 2.92. The van der Waals surface area contributed by atoms with E-state index in [-0.39, 0.29) is 11.9 Å². The van der Waals surface area contributed by atoms with Gasteiger partial charge in [-0.1, -0.05) is 17.7 Å². The third kappa shape index (κ3) is 4.87. The molecule has 0 saturated carbocycles. The number of carbonyl (C=O) groups is 1. The van der Waals surface area contributed by atoms with Crippen LogP contribution in [0.4, 0.5) is 10.5 Å². The minimum Gasteiger partial charge on any atom is -0.477 e. The van der Waals surface area contributed by atoms with Crippen molar-refractivity contribution in [1.82, 2.24) is 9.88 Å². The zero-order chi connectivity index (χ0) is 18.4. The Kier molecular flexibility index (Phi) is 5.92. The number of anilines is 1. The molecular weight excluding hydrogens is 352 g/mol. The molecule has 6 nitrogen and oxygen atoms in total. The van der Waals surface area contributed by atoms with Gasteiger partial charge in [0.15, 0.2) is 0 Å². The molecule has 1 aliphatic heterocycles. The average molecular weight is 371 g/mol. The molecule has 1 aromatic heterocycles. The summed E-state index contributed by atoms with van der Waals surface area (Å²) in [5, 5.41) is 12.4. The number of rotatable bonds is 4. The first-order valence-electron chi connectivity index (χ1n) is 8.44. The number of nitrogens with one attached hydrogen (secondary N) is 1. The number of likely N-dealkylation sites (tertiary alicyclic amines) is 1. The van der Waals surface area contributed by atoms with Crippen molar-refractivity contribution >= 4 is 23.3 Å². The summed E-state index contributed by atoms with van der Waals surface area (Å²) < 4.78 is 5.71. The van der Waals surface area contributed by atoms with Crippen LogP contribution < -0.4 is 10.1 Å². The van der Waals surface area contributed by atoms with E-state index in [2.05, 4.69) is 16.4 Å². The molecular formula is C19H19ClN4O2. The number of hydrogen-bond acceptors (Lipinski definition) is 4. The number of pyridine rings is 1. The van der Waals surface area contributed by atoms with E-state index in [1.165, 1.54) is 0 Å². The molecule has 1 unspecified atom stereocenters. The average Bonchev–Trinajstić information content (AvgIpc) is 2.67. The lowest BCUT2D eigenvalue weighted by Crippen LogP contribution is -2.43. The lowest BCUT2D eigenvalue weighted by Gasteiger charge is -2.32. The first-order chi connectivity index (χ1) is 12.6. The van der Waals surface area contributed by atoms with E-state index in [9.17, 15) is 4.79 Å². The Morgan fingerprint density at radius 3 is 3.12 bits per heavy atom. The Bertz CT molecular complexity index is 821. The second-order valence-corrected chi connectivity index (χ2v) is 6.64. The molecule has 0 radical (unpaired) electrons. The molecule has 1 N–H and O–H groups in total. The standard InChI is InChI=1S/C19H19ClN4O2/c20-16-4-1-5-17(10-16)23-19(25)24-8-2-3-15(12-24)13-26-18-9-14(11-21)6-7-22-18/h1,4-7,9-10,15H,2-3,8,12-13H2,(H,23,25). The molecule has 2 aromatic rings. The van der Waals surface area contributed by atoms with Crippen molar-refractivity contribution < 1.29 is 9.53 Å². The smallest absolute Gasteiger partial charge is 0.321 e. The van der Waals surface area contributed by atoms with Gasteiger partial charge in [0.25, 0.3) is 0 Å². The van der Waals surface area contributed by atoms with Crippen LogP contribution in [-0.4, -0.2) is 35.6 Å². The van der Waals surface area contributed by atoms with Crippen LogP contribution in [0.15, 0.2) is 42.6 Å². The van der Waals surface area contributed by atoms with Crippen LogP contribution in [-0.2, 0) is 0 Å². The monoisotopic (exact) mass is 370 g/mol. The summed E-state index contributed by atoms with van der Waals surface area (Å²) in [5.74, 6) is 0.658. The van der Waals surface area contributed by atoms with Gasteiger partial charge in [0.2, 0.25) is 5.88 Å². The summed E-state index contributed by atoms with van der Waals surface area (Å²) in [4.78, 5) is 18.4. The number of hydrogen-bond donors (Lipinski definition) is 1. The van der Waals surface area contributed by atoms with E-state index >= 15 is 0 Å². The summed E-state index contributed by atoms with van der Waals surface area (Å²) >= 11 is 5.95. The predicted molar refractivity (Wildman–Crippen MR) is 99.2 cm³/mol. The van der Waals surface area contributed by atoms with E-state index in [0.29, 0.717) is 41.8 Å². The van der Waals surface area contributed by atoms with Crippen LogP contribution in [0.25, 0.3) is 0 Å². The number of halogens is 1. The summed E-state index contributed by atoms with van der Waals surface area (Å²) in [7, 11) is 0. The topological polar surface area (TPSA) is 78.2 Å². The molecule has 1 saturated heterocycles. The summed E-state index contributed by atoms with van der Waals surface area (Å²) in [6.07, 6.45) is 3.46. The third-order valence-corrected chi connectivity index (χ3v) is 4.45. The van der Waals surface area contributed by atoms with Gasteiger partial charge < -0.3 is 15.0 Å². The maximum Gasteiger partial charge on any atom is 0.321 e. The van der Waals surface area contributed by atoms with Crippen LogP contribution in [0.5, 0.6) is 5.88 Å². The highest BCUT2D eigenvalue weighted by Gasteiger charge is 2.24. The van der Waals surface area contributed by atoms with Crippen LogP contribution in [0.1, 0.15) is 18.4 Å². The van der Waals surface area contributed by atoms with Gasteiger partial charge in [-0.3, -0.25) is 0 Å². The molecule has 134 valence electrons. The number of nitriles is 1. The Morgan fingerprint density at radius 1 is 1.42 bits per heavy atom. The van der Waals surface area contributed by atoms with E-state index in [0.717, 1.165) is 12.8 Å². The highest BCUT2D eigenvalue weighted by Crippen LogP contribution is 2.20. The predicted octanol–water partition coefficient (Wildman–Crippen LogP) is 3.93. The van der Waals surface area contributed by atoms with Crippen molar-refractivity contribution in [2.75, 3.05) is 25.0 Å². The van der Waals surface area contributed by atoms with Gasteiger partial charge in [0.05, 0.1) is 18.2 Å². The number of aromatic nitrogens is 1. The highest BCUT2D eigenvalue weighted by molar-refractivity contribution is 6.30. The summed E-state index contributed by atoms with van der Waals surface area (Å²) in [6, 6.07) is 12.3. The lowest BCUT2D eigenvalue weighted by atomic mass is 9.99. The van der Waals surface area contributed by atoms with Crippen LogP contribution in [0.2, 0.25) is 5.02 Å². The Hall–Kier alpha value is -2.78. The number of ether oxygens (including phenoxy) is 1. The third-order valence-electron chi connectivity index (χ3n) is 4.21. The number of benzene rings is 1. The van der Waals surface area contributed by atoms with Crippen LogP contribution >= 0.6 is 11.6 Å². The summed E-state index contributed by atoms with van der Waals surface area (Å²) in [5.41, 5.74) is 1.19. The van der Waals surface area contributed by atoms with Crippen molar-refractivity contribution in [3.05, 3.63) is 53.2 Å². The SMILES string of the molecule is N#Cc1ccnc(OCC2CCCN(C(=O)Nc3cccc(Cl)c3)C2)c1. The Balaban J connectivity index is 1.53. The molecule has 1 fully saturated rings. The molecule has 2 amide bonds. The second-order valence-electron chi connectivity index (χ2n) is 6.20. The molecule has 1 atom stereocenters. The van der Waals surface area contributed by atoms with Gasteiger partial charge >= 0.3 is 6.03 Å². The highest BCUT2D eigenvalue weighted by atomic mass is 35.5. The van der Waals surface area contributed by atoms with Crippen molar-refractivity contribution in [3.63, 3.8) is 0 Å². The van der Waals surface area contributed by atoms with Gasteiger partial charge in [-0.05, 0) is 37.1 Å². The minimum absolute atomic E-state index is 0.137. The van der Waals surface area contributed by atoms with Crippen LogP contribution in [0, 0.1) is 17.2 Å². The second kappa shape index (κ2) is 8.54. The molecule has 1 aliphatic rings. The maximum absolute atomic E-state index is 12.5. The molecule has 1 aromatic carbocycles. The van der Waals surface area contributed by atoms with Crippen LogP contribution in [0.3, 0.4) is 0 Å². The zero-order valence-corrected chi connectivity index (χ0v) is 14.9. The largest absolute Gasteiger partial charge is 0.477 e.